The molecule has 0 radical (unpaired) electrons. The van der Waals surface area contributed by atoms with Crippen molar-refractivity contribution in [3.05, 3.63) is 40.6 Å². The molecule has 6 nitrogen and oxygen atoms in total. The van der Waals surface area contributed by atoms with E-state index in [0.29, 0.717) is 17.1 Å². The SMILES string of the molecule is CON(C)C(=S)Nc1ccc(Oc2nc(Cl)c(C)nc2C)c(F)c1. The van der Waals surface area contributed by atoms with Gasteiger partial charge in [0, 0.05) is 18.8 Å². The van der Waals surface area contributed by atoms with Crippen LogP contribution in [-0.2, 0) is 4.84 Å². The van der Waals surface area contributed by atoms with Crippen LogP contribution < -0.4 is 10.1 Å². The van der Waals surface area contributed by atoms with Crippen LogP contribution in [0.2, 0.25) is 5.15 Å². The van der Waals surface area contributed by atoms with E-state index in [1.165, 1.54) is 24.3 Å². The topological polar surface area (TPSA) is 59.5 Å². The number of thiocarbonyl (C=S) groups is 1. The number of halogens is 2. The molecule has 0 spiro atoms. The summed E-state index contributed by atoms with van der Waals surface area (Å²) in [6, 6.07) is 4.33. The van der Waals surface area contributed by atoms with Gasteiger partial charge in [-0.3, -0.25) is 4.84 Å². The van der Waals surface area contributed by atoms with Gasteiger partial charge in [-0.2, -0.15) is 4.98 Å². The molecular weight excluding hydrogens is 355 g/mol. The van der Waals surface area contributed by atoms with E-state index in [9.17, 15) is 4.39 Å². The van der Waals surface area contributed by atoms with Crippen molar-refractivity contribution in [3.63, 3.8) is 0 Å². The van der Waals surface area contributed by atoms with Gasteiger partial charge < -0.3 is 10.1 Å². The standard InChI is InChI=1S/C15H16ClFN4O2S/c1-8-13(16)20-14(9(2)18-8)23-12-6-5-10(7-11(12)17)19-15(24)21(3)22-4/h5-7H,1-4H3,(H,19,24). The lowest BCUT2D eigenvalue weighted by atomic mass is 10.3. The molecule has 2 rings (SSSR count). The maximum absolute atomic E-state index is 14.2. The highest BCUT2D eigenvalue weighted by atomic mass is 35.5. The van der Waals surface area contributed by atoms with Gasteiger partial charge in [0.15, 0.2) is 21.8 Å². The normalized spacial score (nSPS) is 10.4. The highest BCUT2D eigenvalue weighted by Crippen LogP contribution is 2.28. The first-order valence-corrected chi connectivity index (χ1v) is 7.67. The maximum atomic E-state index is 14.2. The fourth-order valence-corrected chi connectivity index (χ4v) is 2.06. The summed E-state index contributed by atoms with van der Waals surface area (Å²) in [5.41, 5.74) is 1.55. The molecule has 0 amide bonds. The van der Waals surface area contributed by atoms with E-state index in [0.717, 1.165) is 0 Å². The Hall–Kier alpha value is -2.03. The molecule has 0 aliphatic heterocycles. The third kappa shape index (κ3) is 4.28. The van der Waals surface area contributed by atoms with E-state index >= 15 is 0 Å². The molecule has 1 heterocycles. The third-order valence-electron chi connectivity index (χ3n) is 3.09. The molecule has 0 saturated heterocycles. The van der Waals surface area contributed by atoms with Gasteiger partial charge in [0.25, 0.3) is 0 Å². The Balaban J connectivity index is 2.19. The zero-order valence-electron chi connectivity index (χ0n) is 13.6. The van der Waals surface area contributed by atoms with Gasteiger partial charge in [-0.05, 0) is 38.2 Å². The van der Waals surface area contributed by atoms with Crippen LogP contribution in [0.5, 0.6) is 11.6 Å². The molecule has 0 unspecified atom stereocenters. The number of hydrogen-bond donors (Lipinski definition) is 1. The highest BCUT2D eigenvalue weighted by Gasteiger charge is 2.13. The van der Waals surface area contributed by atoms with Crippen LogP contribution >= 0.6 is 23.8 Å². The van der Waals surface area contributed by atoms with E-state index in [4.69, 9.17) is 33.4 Å². The maximum Gasteiger partial charge on any atom is 0.242 e. The van der Waals surface area contributed by atoms with Crippen molar-refractivity contribution in [1.29, 1.82) is 0 Å². The lowest BCUT2D eigenvalue weighted by molar-refractivity contribution is -0.0391. The van der Waals surface area contributed by atoms with E-state index in [1.807, 2.05) is 0 Å². The molecule has 0 aliphatic carbocycles. The molecular formula is C15H16ClFN4O2S. The number of benzene rings is 1. The Morgan fingerprint density at radius 2 is 2.00 bits per heavy atom. The largest absolute Gasteiger partial charge is 0.434 e. The molecule has 128 valence electrons. The highest BCUT2D eigenvalue weighted by molar-refractivity contribution is 7.80. The number of aryl methyl sites for hydroxylation is 2. The third-order valence-corrected chi connectivity index (χ3v) is 3.81. The predicted molar refractivity (Wildman–Crippen MR) is 94.0 cm³/mol. The number of hydroxylamine groups is 2. The van der Waals surface area contributed by atoms with Crippen LogP contribution in [0.15, 0.2) is 18.2 Å². The number of nitrogens with zero attached hydrogens (tertiary/aromatic N) is 3. The second-order valence-electron chi connectivity index (χ2n) is 4.85. The Bertz CT molecular complexity index is 775. The molecule has 9 heteroatoms. The van der Waals surface area contributed by atoms with Crippen molar-refractivity contribution in [2.24, 2.45) is 0 Å². The second-order valence-corrected chi connectivity index (χ2v) is 5.59. The van der Waals surface area contributed by atoms with Gasteiger partial charge >= 0.3 is 0 Å². The van der Waals surface area contributed by atoms with Gasteiger partial charge in [0.2, 0.25) is 5.88 Å². The Morgan fingerprint density at radius 1 is 1.29 bits per heavy atom. The summed E-state index contributed by atoms with van der Waals surface area (Å²) >= 11 is 11.0. The van der Waals surface area contributed by atoms with Crippen molar-refractivity contribution >= 4 is 34.6 Å². The molecule has 2 aromatic rings. The van der Waals surface area contributed by atoms with Crippen LogP contribution in [-0.4, -0.2) is 34.3 Å². The van der Waals surface area contributed by atoms with E-state index < -0.39 is 5.82 Å². The summed E-state index contributed by atoms with van der Waals surface area (Å²) < 4.78 is 19.7. The summed E-state index contributed by atoms with van der Waals surface area (Å²) in [5.74, 6) is -0.426. The summed E-state index contributed by atoms with van der Waals surface area (Å²) in [4.78, 5) is 13.2. The van der Waals surface area contributed by atoms with Crippen LogP contribution in [0.1, 0.15) is 11.4 Å². The van der Waals surface area contributed by atoms with Gasteiger partial charge in [-0.1, -0.05) is 11.6 Å². The lowest BCUT2D eigenvalue weighted by Gasteiger charge is -2.18. The van der Waals surface area contributed by atoms with Crippen LogP contribution in [0.25, 0.3) is 0 Å². The number of aromatic nitrogens is 2. The fraction of sp³-hybridized carbons (Fsp3) is 0.267. The number of anilines is 1. The van der Waals surface area contributed by atoms with E-state index in [1.54, 1.807) is 27.0 Å². The minimum atomic E-state index is -0.583. The summed E-state index contributed by atoms with van der Waals surface area (Å²) in [5, 5.41) is 4.68. The van der Waals surface area contributed by atoms with Crippen molar-refractivity contribution in [2.75, 3.05) is 19.5 Å². The van der Waals surface area contributed by atoms with Crippen LogP contribution in [0.4, 0.5) is 10.1 Å². The van der Waals surface area contributed by atoms with Gasteiger partial charge in [-0.15, -0.1) is 0 Å². The molecule has 0 aliphatic rings. The van der Waals surface area contributed by atoms with Crippen molar-refractivity contribution in [1.82, 2.24) is 15.0 Å². The molecule has 0 atom stereocenters. The molecule has 1 N–H and O–H groups in total. The van der Waals surface area contributed by atoms with Crippen molar-refractivity contribution < 1.29 is 14.0 Å². The Kier molecular flexibility index (Phi) is 5.87. The molecule has 1 aromatic heterocycles. The Labute approximate surface area is 149 Å². The number of rotatable bonds is 4. The predicted octanol–water partition coefficient (Wildman–Crippen LogP) is 3.87. The summed E-state index contributed by atoms with van der Waals surface area (Å²) in [7, 11) is 3.10. The average Bonchev–Trinajstić information content (AvgIpc) is 2.54. The van der Waals surface area contributed by atoms with E-state index in [-0.39, 0.29) is 21.9 Å². The van der Waals surface area contributed by atoms with Gasteiger partial charge in [0.05, 0.1) is 12.8 Å². The van der Waals surface area contributed by atoms with Crippen molar-refractivity contribution in [3.8, 4) is 11.6 Å². The van der Waals surface area contributed by atoms with Gasteiger partial charge in [-0.25, -0.2) is 14.4 Å². The first kappa shape index (κ1) is 18.3. The second kappa shape index (κ2) is 7.69. The number of hydrogen-bond acceptors (Lipinski definition) is 5. The minimum Gasteiger partial charge on any atom is -0.434 e. The van der Waals surface area contributed by atoms with Gasteiger partial charge in [0.1, 0.15) is 5.69 Å². The quantitative estimate of drug-likeness (QED) is 0.647. The zero-order valence-corrected chi connectivity index (χ0v) is 15.1. The summed E-state index contributed by atoms with van der Waals surface area (Å²) in [6.45, 7) is 3.44. The number of nitrogens with one attached hydrogen (secondary N) is 1. The van der Waals surface area contributed by atoms with E-state index in [2.05, 4.69) is 15.3 Å². The lowest BCUT2D eigenvalue weighted by Crippen LogP contribution is -2.29. The zero-order chi connectivity index (χ0) is 17.9. The van der Waals surface area contributed by atoms with Crippen LogP contribution in [0, 0.1) is 19.7 Å². The molecule has 24 heavy (non-hydrogen) atoms. The first-order chi connectivity index (χ1) is 11.3. The van der Waals surface area contributed by atoms with Crippen LogP contribution in [0.3, 0.4) is 0 Å². The number of ether oxygens (including phenoxy) is 1. The fourth-order valence-electron chi connectivity index (χ4n) is 1.74. The molecule has 0 saturated carbocycles. The Morgan fingerprint density at radius 3 is 2.62 bits per heavy atom. The molecule has 1 aromatic carbocycles. The first-order valence-electron chi connectivity index (χ1n) is 6.88. The molecule has 0 fully saturated rings. The average molecular weight is 371 g/mol. The minimum absolute atomic E-state index is 0.00360. The van der Waals surface area contributed by atoms with Crippen molar-refractivity contribution in [2.45, 2.75) is 13.8 Å². The molecule has 0 bridgehead atoms. The summed E-state index contributed by atoms with van der Waals surface area (Å²) in [6.07, 6.45) is 0. The monoisotopic (exact) mass is 370 g/mol. The smallest absolute Gasteiger partial charge is 0.242 e.